The highest BCUT2D eigenvalue weighted by Gasteiger charge is 2.21. The number of halogens is 1. The van der Waals surface area contributed by atoms with Crippen LogP contribution in [-0.4, -0.2) is 47.3 Å². The lowest BCUT2D eigenvalue weighted by Gasteiger charge is -2.27. The SMILES string of the molecule is CSC1CCC(Nc2nc(Cl)nc(-n3cncn3)n2)CC1. The summed E-state index contributed by atoms with van der Waals surface area (Å²) in [6.07, 6.45) is 9.80. The van der Waals surface area contributed by atoms with Crippen molar-refractivity contribution in [2.75, 3.05) is 11.6 Å². The van der Waals surface area contributed by atoms with Gasteiger partial charge >= 0.3 is 0 Å². The van der Waals surface area contributed by atoms with E-state index in [-0.39, 0.29) is 5.28 Å². The Morgan fingerprint density at radius 1 is 1.24 bits per heavy atom. The number of anilines is 1. The van der Waals surface area contributed by atoms with Crippen LogP contribution in [0.15, 0.2) is 12.7 Å². The van der Waals surface area contributed by atoms with E-state index in [2.05, 4.69) is 36.6 Å². The fourth-order valence-electron chi connectivity index (χ4n) is 2.44. The summed E-state index contributed by atoms with van der Waals surface area (Å²) >= 11 is 7.91. The van der Waals surface area contributed by atoms with Crippen LogP contribution < -0.4 is 5.32 Å². The van der Waals surface area contributed by atoms with Crippen LogP contribution in [0.2, 0.25) is 5.28 Å². The molecule has 3 rings (SSSR count). The van der Waals surface area contributed by atoms with Crippen LogP contribution >= 0.6 is 23.4 Å². The number of nitrogens with zero attached hydrogens (tertiary/aromatic N) is 6. The zero-order valence-electron chi connectivity index (χ0n) is 11.6. The number of rotatable bonds is 4. The van der Waals surface area contributed by atoms with Crippen LogP contribution in [0.3, 0.4) is 0 Å². The van der Waals surface area contributed by atoms with E-state index in [1.807, 2.05) is 11.8 Å². The van der Waals surface area contributed by atoms with Crippen molar-refractivity contribution in [2.24, 2.45) is 0 Å². The van der Waals surface area contributed by atoms with Crippen molar-refractivity contribution in [1.82, 2.24) is 29.7 Å². The molecule has 0 saturated heterocycles. The van der Waals surface area contributed by atoms with Crippen molar-refractivity contribution in [3.8, 4) is 5.95 Å². The molecule has 2 aromatic heterocycles. The second-order valence-corrected chi connectivity index (χ2v) is 6.40. The Bertz CT molecular complexity index is 583. The fraction of sp³-hybridized carbons (Fsp3) is 0.583. The highest BCUT2D eigenvalue weighted by atomic mass is 35.5. The lowest BCUT2D eigenvalue weighted by atomic mass is 9.95. The number of aromatic nitrogens is 6. The summed E-state index contributed by atoms with van der Waals surface area (Å²) in [5, 5.41) is 8.27. The summed E-state index contributed by atoms with van der Waals surface area (Å²) in [6, 6.07) is 0.385. The summed E-state index contributed by atoms with van der Waals surface area (Å²) in [5.74, 6) is 0.862. The van der Waals surface area contributed by atoms with Gasteiger partial charge in [-0.1, -0.05) is 0 Å². The normalized spacial score (nSPS) is 22.2. The summed E-state index contributed by atoms with van der Waals surface area (Å²) in [7, 11) is 0. The molecule has 0 atom stereocenters. The highest BCUT2D eigenvalue weighted by molar-refractivity contribution is 7.99. The summed E-state index contributed by atoms with van der Waals surface area (Å²) in [6.45, 7) is 0. The Morgan fingerprint density at radius 3 is 2.71 bits per heavy atom. The molecule has 0 aromatic carbocycles. The fourth-order valence-corrected chi connectivity index (χ4v) is 3.34. The molecule has 112 valence electrons. The number of hydrogen-bond acceptors (Lipinski definition) is 7. The average Bonchev–Trinajstić information content (AvgIpc) is 3.02. The monoisotopic (exact) mass is 325 g/mol. The van der Waals surface area contributed by atoms with E-state index >= 15 is 0 Å². The second-order valence-electron chi connectivity index (χ2n) is 4.92. The van der Waals surface area contributed by atoms with E-state index in [4.69, 9.17) is 11.6 Å². The van der Waals surface area contributed by atoms with Crippen molar-refractivity contribution >= 4 is 29.3 Å². The first-order valence-electron chi connectivity index (χ1n) is 6.80. The van der Waals surface area contributed by atoms with Crippen LogP contribution in [0.4, 0.5) is 5.95 Å². The molecule has 1 aliphatic rings. The number of nitrogens with one attached hydrogen (secondary N) is 1. The van der Waals surface area contributed by atoms with Crippen LogP contribution in [0.25, 0.3) is 5.95 Å². The molecule has 9 heteroatoms. The van der Waals surface area contributed by atoms with Gasteiger partial charge in [-0.25, -0.2) is 4.98 Å². The van der Waals surface area contributed by atoms with Crippen molar-refractivity contribution in [2.45, 2.75) is 37.0 Å². The van der Waals surface area contributed by atoms with Crippen molar-refractivity contribution < 1.29 is 0 Å². The molecule has 0 radical (unpaired) electrons. The molecular formula is C12H16ClN7S. The maximum absolute atomic E-state index is 5.96. The predicted molar refractivity (Wildman–Crippen MR) is 82.9 cm³/mol. The van der Waals surface area contributed by atoms with Gasteiger partial charge in [0.05, 0.1) is 0 Å². The minimum atomic E-state index is 0.149. The molecule has 1 N–H and O–H groups in total. The third-order valence-corrected chi connectivity index (χ3v) is 4.87. The van der Waals surface area contributed by atoms with Gasteiger partial charge in [-0.3, -0.25) is 0 Å². The summed E-state index contributed by atoms with van der Waals surface area (Å²) in [5.41, 5.74) is 0. The molecule has 1 fully saturated rings. The lowest BCUT2D eigenvalue weighted by Crippen LogP contribution is -2.28. The van der Waals surface area contributed by atoms with Gasteiger partial charge in [0, 0.05) is 11.3 Å². The van der Waals surface area contributed by atoms with Gasteiger partial charge in [-0.05, 0) is 43.5 Å². The maximum atomic E-state index is 5.96. The lowest BCUT2D eigenvalue weighted by molar-refractivity contribution is 0.471. The summed E-state index contributed by atoms with van der Waals surface area (Å²) < 4.78 is 1.46. The first kappa shape index (κ1) is 14.5. The molecule has 0 bridgehead atoms. The standard InChI is InChI=1S/C12H16ClN7S/c1-21-9-4-2-8(3-5-9)16-11-17-10(13)18-12(19-11)20-7-14-6-15-20/h6-9H,2-5H2,1H3,(H,16,17,18,19). The number of hydrogen-bond donors (Lipinski definition) is 1. The molecule has 1 aliphatic carbocycles. The Hall–Kier alpha value is -1.41. The van der Waals surface area contributed by atoms with E-state index in [1.165, 1.54) is 30.2 Å². The van der Waals surface area contributed by atoms with Gasteiger partial charge in [0.2, 0.25) is 11.2 Å². The molecule has 0 aliphatic heterocycles. The first-order chi connectivity index (χ1) is 10.2. The molecule has 2 aromatic rings. The van der Waals surface area contributed by atoms with Crippen LogP contribution in [0.1, 0.15) is 25.7 Å². The minimum Gasteiger partial charge on any atom is -0.351 e. The van der Waals surface area contributed by atoms with Crippen LogP contribution in [0, 0.1) is 0 Å². The van der Waals surface area contributed by atoms with Crippen molar-refractivity contribution in [3.63, 3.8) is 0 Å². The molecule has 21 heavy (non-hydrogen) atoms. The zero-order chi connectivity index (χ0) is 14.7. The first-order valence-corrected chi connectivity index (χ1v) is 8.47. The van der Waals surface area contributed by atoms with Crippen LogP contribution in [-0.2, 0) is 0 Å². The van der Waals surface area contributed by atoms with Gasteiger partial charge in [0.1, 0.15) is 12.7 Å². The van der Waals surface area contributed by atoms with Gasteiger partial charge in [0.15, 0.2) is 0 Å². The van der Waals surface area contributed by atoms with E-state index < -0.39 is 0 Å². The van der Waals surface area contributed by atoms with E-state index in [9.17, 15) is 0 Å². The number of thioether (sulfide) groups is 1. The Balaban J connectivity index is 1.71. The highest BCUT2D eigenvalue weighted by Crippen LogP contribution is 2.28. The van der Waals surface area contributed by atoms with E-state index in [0.717, 1.165) is 18.1 Å². The largest absolute Gasteiger partial charge is 0.351 e. The van der Waals surface area contributed by atoms with Gasteiger partial charge in [-0.2, -0.15) is 36.5 Å². The molecule has 0 unspecified atom stereocenters. The smallest absolute Gasteiger partial charge is 0.258 e. The Labute approximate surface area is 131 Å². The Morgan fingerprint density at radius 2 is 2.05 bits per heavy atom. The van der Waals surface area contributed by atoms with E-state index in [1.54, 1.807) is 0 Å². The molecule has 7 nitrogen and oxygen atoms in total. The van der Waals surface area contributed by atoms with E-state index in [0.29, 0.717) is 17.9 Å². The van der Waals surface area contributed by atoms with Gasteiger partial charge in [0.25, 0.3) is 5.95 Å². The van der Waals surface area contributed by atoms with Gasteiger partial charge < -0.3 is 5.32 Å². The third kappa shape index (κ3) is 3.62. The second kappa shape index (κ2) is 6.57. The third-order valence-electron chi connectivity index (χ3n) is 3.56. The zero-order valence-corrected chi connectivity index (χ0v) is 13.2. The minimum absolute atomic E-state index is 0.149. The quantitative estimate of drug-likeness (QED) is 0.922. The molecule has 0 amide bonds. The molecule has 1 saturated carbocycles. The predicted octanol–water partition coefficient (Wildman–Crippen LogP) is 2.19. The van der Waals surface area contributed by atoms with Crippen molar-refractivity contribution in [3.05, 3.63) is 17.9 Å². The van der Waals surface area contributed by atoms with Gasteiger partial charge in [-0.15, -0.1) is 0 Å². The van der Waals surface area contributed by atoms with Crippen LogP contribution in [0.5, 0.6) is 0 Å². The summed E-state index contributed by atoms with van der Waals surface area (Å²) in [4.78, 5) is 16.4. The molecule has 0 spiro atoms. The Kier molecular flexibility index (Phi) is 4.54. The molecule has 2 heterocycles. The molecular weight excluding hydrogens is 310 g/mol. The maximum Gasteiger partial charge on any atom is 0.258 e. The average molecular weight is 326 g/mol. The van der Waals surface area contributed by atoms with Crippen molar-refractivity contribution in [1.29, 1.82) is 0 Å². The topological polar surface area (TPSA) is 81.4 Å².